The fraction of sp³-hybridized carbons (Fsp3) is 0.105. The molecular formula is C19H14Cl2N2O3. The van der Waals surface area contributed by atoms with E-state index in [0.29, 0.717) is 26.9 Å². The molecule has 0 saturated heterocycles. The zero-order chi connectivity index (χ0) is 19.1. The van der Waals surface area contributed by atoms with Crippen molar-refractivity contribution in [3.05, 3.63) is 69.7 Å². The van der Waals surface area contributed by atoms with E-state index in [2.05, 4.69) is 5.32 Å². The van der Waals surface area contributed by atoms with E-state index < -0.39 is 18.0 Å². The predicted octanol–water partition coefficient (Wildman–Crippen LogP) is 4.45. The van der Waals surface area contributed by atoms with E-state index >= 15 is 0 Å². The third-order valence-corrected chi connectivity index (χ3v) is 4.02. The monoisotopic (exact) mass is 388 g/mol. The number of ether oxygens (including phenoxy) is 1. The fourth-order valence-electron chi connectivity index (χ4n) is 1.96. The molecule has 0 spiro atoms. The first-order chi connectivity index (χ1) is 12.4. The van der Waals surface area contributed by atoms with Crippen LogP contribution in [0.25, 0.3) is 6.08 Å². The van der Waals surface area contributed by atoms with Crippen molar-refractivity contribution >= 4 is 46.8 Å². The van der Waals surface area contributed by atoms with Crippen molar-refractivity contribution in [2.75, 3.05) is 5.32 Å². The Hall–Kier alpha value is -2.81. The standard InChI is InChI=1S/C19H14Cl2N2O3/c1-12(19(25)23-15-4-2-3-14(9-15)11-22)26-18(24)8-6-13-5-7-16(20)17(21)10-13/h2-10,12H,1H3,(H,23,25)/b8-6+/t12-/m1/s1. The first kappa shape index (κ1) is 19.5. The van der Waals surface area contributed by atoms with Crippen LogP contribution >= 0.6 is 23.2 Å². The topological polar surface area (TPSA) is 79.2 Å². The summed E-state index contributed by atoms with van der Waals surface area (Å²) in [6, 6.07) is 13.3. The number of esters is 1. The van der Waals surface area contributed by atoms with Crippen molar-refractivity contribution in [3.8, 4) is 6.07 Å². The molecule has 0 aromatic heterocycles. The van der Waals surface area contributed by atoms with Crippen LogP contribution in [0, 0.1) is 11.3 Å². The van der Waals surface area contributed by atoms with E-state index in [0.717, 1.165) is 0 Å². The van der Waals surface area contributed by atoms with Gasteiger partial charge in [0.15, 0.2) is 6.10 Å². The van der Waals surface area contributed by atoms with Crippen LogP contribution in [0.2, 0.25) is 10.0 Å². The Morgan fingerprint density at radius 1 is 1.19 bits per heavy atom. The summed E-state index contributed by atoms with van der Waals surface area (Å²) in [4.78, 5) is 23.9. The number of nitrogens with one attached hydrogen (secondary N) is 1. The van der Waals surface area contributed by atoms with Gasteiger partial charge in [0, 0.05) is 11.8 Å². The number of nitriles is 1. The number of benzene rings is 2. The molecule has 26 heavy (non-hydrogen) atoms. The van der Waals surface area contributed by atoms with E-state index in [1.165, 1.54) is 25.1 Å². The summed E-state index contributed by atoms with van der Waals surface area (Å²) in [5, 5.41) is 12.2. The molecular weight excluding hydrogens is 375 g/mol. The summed E-state index contributed by atoms with van der Waals surface area (Å²) in [5.74, 6) is -1.18. The second-order valence-electron chi connectivity index (χ2n) is 5.27. The molecule has 0 saturated carbocycles. The average molecular weight is 389 g/mol. The van der Waals surface area contributed by atoms with E-state index in [4.69, 9.17) is 33.2 Å². The van der Waals surface area contributed by atoms with Crippen LogP contribution < -0.4 is 5.32 Å². The van der Waals surface area contributed by atoms with Gasteiger partial charge in [-0.1, -0.05) is 35.3 Å². The predicted molar refractivity (Wildman–Crippen MR) is 101 cm³/mol. The maximum Gasteiger partial charge on any atom is 0.331 e. The summed E-state index contributed by atoms with van der Waals surface area (Å²) in [6.07, 6.45) is 1.69. The van der Waals surface area contributed by atoms with Crippen LogP contribution in [0.15, 0.2) is 48.5 Å². The second kappa shape index (κ2) is 9.04. The van der Waals surface area contributed by atoms with Crippen molar-refractivity contribution in [2.45, 2.75) is 13.0 Å². The molecule has 0 unspecified atom stereocenters. The van der Waals surface area contributed by atoms with Gasteiger partial charge in [0.05, 0.1) is 21.7 Å². The molecule has 7 heteroatoms. The molecule has 132 valence electrons. The Morgan fingerprint density at radius 2 is 1.96 bits per heavy atom. The van der Waals surface area contributed by atoms with Crippen molar-refractivity contribution in [3.63, 3.8) is 0 Å². The van der Waals surface area contributed by atoms with Crippen LogP contribution in [0.3, 0.4) is 0 Å². The Morgan fingerprint density at radius 3 is 2.65 bits per heavy atom. The molecule has 5 nitrogen and oxygen atoms in total. The number of carbonyl (C=O) groups is 2. The van der Waals surface area contributed by atoms with Crippen molar-refractivity contribution in [1.82, 2.24) is 0 Å². The van der Waals surface area contributed by atoms with E-state index in [-0.39, 0.29) is 0 Å². The third-order valence-electron chi connectivity index (χ3n) is 3.28. The highest BCUT2D eigenvalue weighted by atomic mass is 35.5. The molecule has 1 amide bonds. The maximum absolute atomic E-state index is 12.1. The first-order valence-electron chi connectivity index (χ1n) is 7.54. The van der Waals surface area contributed by atoms with Crippen molar-refractivity contribution in [2.24, 2.45) is 0 Å². The minimum Gasteiger partial charge on any atom is -0.449 e. The molecule has 0 aliphatic carbocycles. The third kappa shape index (κ3) is 5.62. The van der Waals surface area contributed by atoms with E-state index in [1.54, 1.807) is 36.4 Å². The summed E-state index contributed by atoms with van der Waals surface area (Å²) < 4.78 is 5.05. The lowest BCUT2D eigenvalue weighted by molar-refractivity contribution is -0.148. The number of halogens is 2. The van der Waals surface area contributed by atoms with Crippen LogP contribution in [0.5, 0.6) is 0 Å². The molecule has 2 aromatic carbocycles. The van der Waals surface area contributed by atoms with Gasteiger partial charge in [-0.25, -0.2) is 4.79 Å². The zero-order valence-electron chi connectivity index (χ0n) is 13.7. The summed E-state index contributed by atoms with van der Waals surface area (Å²) >= 11 is 11.7. The maximum atomic E-state index is 12.1. The Balaban J connectivity index is 1.93. The molecule has 0 fully saturated rings. The number of rotatable bonds is 5. The molecule has 0 radical (unpaired) electrons. The largest absolute Gasteiger partial charge is 0.449 e. The van der Waals surface area contributed by atoms with Gasteiger partial charge in [-0.05, 0) is 48.9 Å². The molecule has 1 N–H and O–H groups in total. The van der Waals surface area contributed by atoms with Crippen LogP contribution in [-0.4, -0.2) is 18.0 Å². The Bertz CT molecular complexity index is 904. The Kier molecular flexibility index (Phi) is 6.79. The van der Waals surface area contributed by atoms with Crippen LogP contribution in [-0.2, 0) is 14.3 Å². The number of hydrogen-bond donors (Lipinski definition) is 1. The highest BCUT2D eigenvalue weighted by molar-refractivity contribution is 6.42. The van der Waals surface area contributed by atoms with Gasteiger partial charge in [0.2, 0.25) is 0 Å². The number of amides is 1. The zero-order valence-corrected chi connectivity index (χ0v) is 15.2. The molecule has 0 aliphatic heterocycles. The molecule has 0 bridgehead atoms. The van der Waals surface area contributed by atoms with Gasteiger partial charge in [-0.3, -0.25) is 4.79 Å². The minimum atomic E-state index is -1.01. The SMILES string of the molecule is C[C@@H](OC(=O)/C=C/c1ccc(Cl)c(Cl)c1)C(=O)Nc1cccc(C#N)c1. The fourth-order valence-corrected chi connectivity index (χ4v) is 2.26. The normalized spacial score (nSPS) is 11.6. The number of carbonyl (C=O) groups excluding carboxylic acids is 2. The molecule has 0 heterocycles. The minimum absolute atomic E-state index is 0.370. The van der Waals surface area contributed by atoms with E-state index in [9.17, 15) is 9.59 Å². The van der Waals surface area contributed by atoms with Crippen molar-refractivity contribution < 1.29 is 14.3 Å². The summed E-state index contributed by atoms with van der Waals surface area (Å²) in [6.45, 7) is 1.45. The highest BCUT2D eigenvalue weighted by Gasteiger charge is 2.16. The second-order valence-corrected chi connectivity index (χ2v) is 6.08. The first-order valence-corrected chi connectivity index (χ1v) is 8.29. The number of anilines is 1. The number of nitrogens with zero attached hydrogens (tertiary/aromatic N) is 1. The van der Waals surface area contributed by atoms with Crippen LogP contribution in [0.1, 0.15) is 18.1 Å². The average Bonchev–Trinajstić information content (AvgIpc) is 2.62. The van der Waals surface area contributed by atoms with Gasteiger partial charge in [-0.15, -0.1) is 0 Å². The van der Waals surface area contributed by atoms with Crippen molar-refractivity contribution in [1.29, 1.82) is 5.26 Å². The van der Waals surface area contributed by atoms with E-state index in [1.807, 2.05) is 6.07 Å². The lowest BCUT2D eigenvalue weighted by Gasteiger charge is -2.12. The smallest absolute Gasteiger partial charge is 0.331 e. The molecule has 2 rings (SSSR count). The highest BCUT2D eigenvalue weighted by Crippen LogP contribution is 2.23. The molecule has 2 aromatic rings. The van der Waals surface area contributed by atoms with Gasteiger partial charge in [0.1, 0.15) is 0 Å². The lowest BCUT2D eigenvalue weighted by atomic mass is 10.2. The van der Waals surface area contributed by atoms with Gasteiger partial charge < -0.3 is 10.1 Å². The lowest BCUT2D eigenvalue weighted by Crippen LogP contribution is -2.29. The summed E-state index contributed by atoms with van der Waals surface area (Å²) in [7, 11) is 0. The van der Waals surface area contributed by atoms with Gasteiger partial charge in [0.25, 0.3) is 5.91 Å². The molecule has 1 atom stereocenters. The summed E-state index contributed by atoms with van der Waals surface area (Å²) in [5.41, 5.74) is 1.53. The quantitative estimate of drug-likeness (QED) is 0.605. The Labute approximate surface area is 160 Å². The number of hydrogen-bond acceptors (Lipinski definition) is 4. The van der Waals surface area contributed by atoms with Gasteiger partial charge >= 0.3 is 5.97 Å². The molecule has 0 aliphatic rings. The van der Waals surface area contributed by atoms with Crippen LogP contribution in [0.4, 0.5) is 5.69 Å². The van der Waals surface area contributed by atoms with Gasteiger partial charge in [-0.2, -0.15) is 5.26 Å².